The average molecular weight is 453 g/mol. The van der Waals surface area contributed by atoms with Crippen LogP contribution >= 0.6 is 11.6 Å². The number of fused-ring (bicyclic) bond motifs is 1. The number of aryl methyl sites for hydroxylation is 1. The molecule has 162 valence electrons. The maximum atomic E-state index is 13.1. The molecule has 2 aliphatic carbocycles. The summed E-state index contributed by atoms with van der Waals surface area (Å²) in [6.45, 7) is 0. The van der Waals surface area contributed by atoms with Crippen LogP contribution in [0.5, 0.6) is 5.75 Å². The van der Waals surface area contributed by atoms with Gasteiger partial charge >= 0.3 is 6.03 Å². The molecule has 0 bridgehead atoms. The quantitative estimate of drug-likeness (QED) is 0.569. The number of anilines is 1. The molecule has 30 heavy (non-hydrogen) atoms. The number of hydrogen-bond acceptors (Lipinski definition) is 5. The molecule has 7 nitrogen and oxygen atoms in total. The van der Waals surface area contributed by atoms with E-state index in [1.54, 1.807) is 6.26 Å². The number of urea groups is 1. The van der Waals surface area contributed by atoms with Crippen molar-refractivity contribution in [2.75, 3.05) is 5.32 Å². The Labute approximate surface area is 180 Å². The third-order valence-electron chi connectivity index (χ3n) is 5.95. The second kappa shape index (κ2) is 8.51. The number of hydrogen-bond donors (Lipinski definition) is 3. The van der Waals surface area contributed by atoms with Crippen molar-refractivity contribution in [3.63, 3.8) is 0 Å². The highest BCUT2D eigenvalue weighted by molar-refractivity contribution is 7.92. The normalized spacial score (nSPS) is 19.8. The Balaban J connectivity index is 1.54. The minimum Gasteiger partial charge on any atom is -0.504 e. The zero-order valence-electron chi connectivity index (χ0n) is 16.5. The van der Waals surface area contributed by atoms with Crippen LogP contribution in [-0.2, 0) is 16.3 Å². The fourth-order valence-electron chi connectivity index (χ4n) is 4.40. The van der Waals surface area contributed by atoms with Gasteiger partial charge in [0.1, 0.15) is 10.7 Å². The summed E-state index contributed by atoms with van der Waals surface area (Å²) in [6.07, 6.45) is 7.94. The molecule has 0 aliphatic heterocycles. The van der Waals surface area contributed by atoms with Crippen molar-refractivity contribution in [3.8, 4) is 5.75 Å². The molecule has 1 heterocycles. The average Bonchev–Trinajstić information content (AvgIpc) is 3.21. The summed E-state index contributed by atoms with van der Waals surface area (Å²) >= 11 is 6.16. The number of aromatic hydroxyl groups is 1. The maximum Gasteiger partial charge on any atom is 0.319 e. The Morgan fingerprint density at radius 1 is 1.10 bits per heavy atom. The highest BCUT2D eigenvalue weighted by Crippen LogP contribution is 2.41. The summed E-state index contributed by atoms with van der Waals surface area (Å²) in [7, 11) is -3.81. The van der Waals surface area contributed by atoms with Gasteiger partial charge in [-0.15, -0.1) is 0 Å². The largest absolute Gasteiger partial charge is 0.504 e. The summed E-state index contributed by atoms with van der Waals surface area (Å²) in [6, 6.07) is 3.86. The van der Waals surface area contributed by atoms with E-state index in [1.165, 1.54) is 12.1 Å². The van der Waals surface area contributed by atoms with Crippen LogP contribution in [-0.4, -0.2) is 24.8 Å². The summed E-state index contributed by atoms with van der Waals surface area (Å²) in [5.74, 6) is 0.211. The summed E-state index contributed by atoms with van der Waals surface area (Å²) in [5.41, 5.74) is 1.07. The zero-order valence-corrected chi connectivity index (χ0v) is 18.1. The first-order chi connectivity index (χ1) is 14.4. The van der Waals surface area contributed by atoms with Gasteiger partial charge in [-0.1, -0.05) is 30.9 Å². The molecule has 0 radical (unpaired) electrons. The van der Waals surface area contributed by atoms with Gasteiger partial charge in [0.25, 0.3) is 0 Å². The van der Waals surface area contributed by atoms with E-state index in [4.69, 9.17) is 16.0 Å². The Hall–Kier alpha value is -2.19. The SMILES string of the molecule is O=C(Nc1ccc(Cl)c(S(=O)(=O)C2CCCCC2)c1O)N[C@H]1CCCc2ccoc21. The Bertz CT molecular complexity index is 1040. The van der Waals surface area contributed by atoms with Gasteiger partial charge in [-0.05, 0) is 55.9 Å². The van der Waals surface area contributed by atoms with Crippen LogP contribution in [0.25, 0.3) is 0 Å². The number of sulfone groups is 1. The summed E-state index contributed by atoms with van der Waals surface area (Å²) in [4.78, 5) is 12.2. The number of benzene rings is 1. The first-order valence-corrected chi connectivity index (χ1v) is 12.2. The minimum absolute atomic E-state index is 0.00163. The van der Waals surface area contributed by atoms with Crippen molar-refractivity contribution in [2.45, 2.75) is 67.6 Å². The van der Waals surface area contributed by atoms with E-state index in [0.717, 1.165) is 49.8 Å². The second-order valence-corrected chi connectivity index (χ2v) is 10.5. The van der Waals surface area contributed by atoms with E-state index in [0.29, 0.717) is 12.8 Å². The van der Waals surface area contributed by atoms with Gasteiger partial charge in [0.2, 0.25) is 0 Å². The standard InChI is InChI=1S/C21H25ClN2O5S/c22-15-9-10-16(18(25)20(15)30(27,28)14-6-2-1-3-7-14)23-21(26)24-17-8-4-5-13-11-12-29-19(13)17/h9-12,14,17,25H,1-8H2,(H2,23,24,26)/t17-/m0/s1. The lowest BCUT2D eigenvalue weighted by molar-refractivity contribution is 0.244. The first kappa shape index (κ1) is 21.1. The highest BCUT2D eigenvalue weighted by atomic mass is 35.5. The van der Waals surface area contributed by atoms with Gasteiger partial charge in [0.05, 0.1) is 28.3 Å². The number of amides is 2. The molecule has 9 heteroatoms. The van der Waals surface area contributed by atoms with E-state index in [2.05, 4.69) is 10.6 Å². The van der Waals surface area contributed by atoms with Gasteiger partial charge in [-0.25, -0.2) is 13.2 Å². The number of nitrogens with one attached hydrogen (secondary N) is 2. The van der Waals surface area contributed by atoms with Gasteiger partial charge in [0, 0.05) is 0 Å². The minimum atomic E-state index is -3.81. The molecule has 2 amide bonds. The molecule has 1 saturated carbocycles. The van der Waals surface area contributed by atoms with Crippen molar-refractivity contribution >= 4 is 33.2 Å². The molecular weight excluding hydrogens is 428 g/mol. The maximum absolute atomic E-state index is 13.1. The lowest BCUT2D eigenvalue weighted by atomic mass is 9.94. The first-order valence-electron chi connectivity index (χ1n) is 10.3. The molecule has 3 N–H and O–H groups in total. The predicted molar refractivity (Wildman–Crippen MR) is 114 cm³/mol. The van der Waals surface area contributed by atoms with Crippen LogP contribution in [0, 0.1) is 0 Å². The van der Waals surface area contributed by atoms with E-state index in [9.17, 15) is 18.3 Å². The Morgan fingerprint density at radius 2 is 1.87 bits per heavy atom. The van der Waals surface area contributed by atoms with Crippen molar-refractivity contribution in [1.82, 2.24) is 5.32 Å². The fourth-order valence-corrected chi connectivity index (χ4v) is 6.88. The van der Waals surface area contributed by atoms with E-state index in [-0.39, 0.29) is 21.6 Å². The fraction of sp³-hybridized carbons (Fsp3) is 0.476. The Morgan fingerprint density at radius 3 is 2.63 bits per heavy atom. The molecule has 2 aromatic rings. The lowest BCUT2D eigenvalue weighted by Gasteiger charge is -2.24. The van der Waals surface area contributed by atoms with Gasteiger partial charge in [0.15, 0.2) is 15.6 Å². The summed E-state index contributed by atoms with van der Waals surface area (Å²) < 4.78 is 31.7. The highest BCUT2D eigenvalue weighted by Gasteiger charge is 2.34. The monoisotopic (exact) mass is 452 g/mol. The van der Waals surface area contributed by atoms with Gasteiger partial charge < -0.3 is 20.2 Å². The number of phenols is 1. The molecule has 0 saturated heterocycles. The molecule has 4 rings (SSSR count). The molecule has 1 atom stereocenters. The smallest absolute Gasteiger partial charge is 0.319 e. The van der Waals surface area contributed by atoms with Crippen molar-refractivity contribution < 1.29 is 22.7 Å². The number of halogens is 1. The molecule has 1 fully saturated rings. The summed E-state index contributed by atoms with van der Waals surface area (Å²) in [5, 5.41) is 15.5. The number of carbonyl (C=O) groups excluding carboxylic acids is 1. The zero-order chi connectivity index (χ0) is 21.3. The van der Waals surface area contributed by atoms with E-state index >= 15 is 0 Å². The van der Waals surface area contributed by atoms with Gasteiger partial charge in [-0.2, -0.15) is 0 Å². The van der Waals surface area contributed by atoms with Crippen LogP contribution in [0.1, 0.15) is 62.3 Å². The lowest BCUT2D eigenvalue weighted by Crippen LogP contribution is -2.34. The molecule has 1 aromatic carbocycles. The van der Waals surface area contributed by atoms with Crippen LogP contribution < -0.4 is 10.6 Å². The topological polar surface area (TPSA) is 109 Å². The second-order valence-electron chi connectivity index (χ2n) is 7.93. The number of furan rings is 1. The van der Waals surface area contributed by atoms with Gasteiger partial charge in [-0.3, -0.25) is 0 Å². The molecule has 2 aliphatic rings. The predicted octanol–water partition coefficient (Wildman–Crippen LogP) is 4.94. The number of carbonyl (C=O) groups is 1. The van der Waals surface area contributed by atoms with Crippen LogP contribution in [0.4, 0.5) is 10.5 Å². The third kappa shape index (κ3) is 4.03. The third-order valence-corrected chi connectivity index (χ3v) is 8.71. The van der Waals surface area contributed by atoms with Crippen LogP contribution in [0.15, 0.2) is 33.8 Å². The van der Waals surface area contributed by atoms with Crippen LogP contribution in [0.2, 0.25) is 5.02 Å². The molecule has 0 spiro atoms. The van der Waals surface area contributed by atoms with Crippen molar-refractivity contribution in [2.24, 2.45) is 0 Å². The van der Waals surface area contributed by atoms with Crippen molar-refractivity contribution in [3.05, 3.63) is 40.8 Å². The van der Waals surface area contributed by atoms with Crippen LogP contribution in [0.3, 0.4) is 0 Å². The van der Waals surface area contributed by atoms with Crippen molar-refractivity contribution in [1.29, 1.82) is 0 Å². The molecule has 0 unspecified atom stereocenters. The number of phenolic OH excluding ortho intramolecular Hbond substituents is 1. The molecular formula is C21H25ClN2O5S. The Kier molecular flexibility index (Phi) is 5.97. The number of rotatable bonds is 4. The van der Waals surface area contributed by atoms with E-state index < -0.39 is 26.9 Å². The van der Waals surface area contributed by atoms with E-state index in [1.807, 2.05) is 6.07 Å². The molecule has 1 aromatic heterocycles.